The maximum absolute atomic E-state index is 3.87. The smallest absolute Gasteiger partial charge is 0.0270 e. The van der Waals surface area contributed by atoms with Crippen molar-refractivity contribution >= 4 is 0 Å². The summed E-state index contributed by atoms with van der Waals surface area (Å²) in [5, 5.41) is 0. The van der Waals surface area contributed by atoms with Gasteiger partial charge in [0, 0.05) is 12.4 Å². The van der Waals surface area contributed by atoms with Crippen molar-refractivity contribution in [2.45, 2.75) is 6.92 Å². The molecule has 0 aliphatic rings. The molecule has 0 unspecified atom stereocenters. The van der Waals surface area contributed by atoms with Gasteiger partial charge in [-0.2, -0.15) is 0 Å². The number of nitrogens with zero attached hydrogens (tertiary/aromatic N) is 1. The Hall–Kier alpha value is -0.850. The molecule has 0 aromatic carbocycles. The maximum atomic E-state index is 3.87. The first-order valence-electron chi connectivity index (χ1n) is 2.63. The number of rotatable bonds is 1. The first kappa shape index (κ1) is 5.29. The van der Waals surface area contributed by atoms with Gasteiger partial charge in [-0.1, -0.05) is 6.92 Å². The topological polar surface area (TPSA) is 12.9 Å². The molecule has 0 saturated carbocycles. The van der Waals surface area contributed by atoms with Crippen molar-refractivity contribution in [3.05, 3.63) is 36.5 Å². The molecule has 0 atom stereocenters. The van der Waals surface area contributed by atoms with Crippen LogP contribution in [0.1, 0.15) is 12.5 Å². The highest BCUT2D eigenvalue weighted by atomic mass is 14.6. The number of aromatic nitrogens is 1. The maximum Gasteiger partial charge on any atom is 0.0270 e. The predicted molar refractivity (Wildman–Crippen MR) is 33.3 cm³/mol. The third-order valence-electron chi connectivity index (χ3n) is 1.04. The fourth-order valence-electron chi connectivity index (χ4n) is 0.556. The van der Waals surface area contributed by atoms with E-state index in [4.69, 9.17) is 0 Å². The fourth-order valence-corrected chi connectivity index (χ4v) is 0.556. The minimum atomic E-state index is 1.22. The normalized spacial score (nSPS) is 9.12. The van der Waals surface area contributed by atoms with Gasteiger partial charge in [0.05, 0.1) is 0 Å². The van der Waals surface area contributed by atoms with Crippen LogP contribution in [0, 0.1) is 6.42 Å². The Morgan fingerprint density at radius 1 is 1.38 bits per heavy atom. The lowest BCUT2D eigenvalue weighted by Crippen LogP contribution is -1.74. The lowest BCUT2D eigenvalue weighted by molar-refractivity contribution is 1.28. The van der Waals surface area contributed by atoms with E-state index < -0.39 is 0 Å². The van der Waals surface area contributed by atoms with Crippen molar-refractivity contribution in [3.8, 4) is 0 Å². The SMILES string of the molecule is C[CH]c1ccncc1. The minimum Gasteiger partial charge on any atom is -0.265 e. The Morgan fingerprint density at radius 3 is 2.38 bits per heavy atom. The summed E-state index contributed by atoms with van der Waals surface area (Å²) in [7, 11) is 0. The fraction of sp³-hybridized carbons (Fsp3) is 0.143. The van der Waals surface area contributed by atoms with Crippen molar-refractivity contribution in [2.75, 3.05) is 0 Å². The van der Waals surface area contributed by atoms with Gasteiger partial charge in [-0.25, -0.2) is 0 Å². The van der Waals surface area contributed by atoms with E-state index in [-0.39, 0.29) is 0 Å². The highest BCUT2D eigenvalue weighted by Gasteiger charge is 1.81. The van der Waals surface area contributed by atoms with Gasteiger partial charge in [0.25, 0.3) is 0 Å². The Labute approximate surface area is 49.4 Å². The Kier molecular flexibility index (Phi) is 1.62. The van der Waals surface area contributed by atoms with Crippen LogP contribution in [0.5, 0.6) is 0 Å². The largest absolute Gasteiger partial charge is 0.265 e. The van der Waals surface area contributed by atoms with E-state index >= 15 is 0 Å². The van der Waals surface area contributed by atoms with Crippen LogP contribution in [0.3, 0.4) is 0 Å². The van der Waals surface area contributed by atoms with Gasteiger partial charge in [0.15, 0.2) is 0 Å². The molecular formula is C7H8N. The van der Waals surface area contributed by atoms with Gasteiger partial charge in [-0.15, -0.1) is 0 Å². The van der Waals surface area contributed by atoms with E-state index in [1.165, 1.54) is 5.56 Å². The third-order valence-corrected chi connectivity index (χ3v) is 1.04. The van der Waals surface area contributed by atoms with Crippen molar-refractivity contribution in [2.24, 2.45) is 0 Å². The van der Waals surface area contributed by atoms with Crippen LogP contribution >= 0.6 is 0 Å². The summed E-state index contributed by atoms with van der Waals surface area (Å²) >= 11 is 0. The van der Waals surface area contributed by atoms with E-state index in [1.807, 2.05) is 25.5 Å². The van der Waals surface area contributed by atoms with Crippen LogP contribution in [-0.4, -0.2) is 4.98 Å². The summed E-state index contributed by atoms with van der Waals surface area (Å²) in [5.41, 5.74) is 1.22. The molecule has 0 aliphatic heterocycles. The van der Waals surface area contributed by atoms with E-state index in [0.29, 0.717) is 0 Å². The second-order valence-corrected chi connectivity index (χ2v) is 1.57. The quantitative estimate of drug-likeness (QED) is 0.530. The van der Waals surface area contributed by atoms with Gasteiger partial charge >= 0.3 is 0 Å². The molecular weight excluding hydrogens is 98.1 g/mol. The second kappa shape index (κ2) is 2.46. The summed E-state index contributed by atoms with van der Waals surface area (Å²) in [4.78, 5) is 3.87. The molecule has 0 N–H and O–H groups in total. The molecule has 1 nitrogen and oxygen atoms in total. The van der Waals surface area contributed by atoms with Crippen molar-refractivity contribution in [3.63, 3.8) is 0 Å². The second-order valence-electron chi connectivity index (χ2n) is 1.57. The van der Waals surface area contributed by atoms with Crippen LogP contribution in [-0.2, 0) is 0 Å². The van der Waals surface area contributed by atoms with E-state index in [9.17, 15) is 0 Å². The van der Waals surface area contributed by atoms with Crippen molar-refractivity contribution < 1.29 is 0 Å². The summed E-state index contributed by atoms with van der Waals surface area (Å²) in [6.45, 7) is 2.01. The highest BCUT2D eigenvalue weighted by molar-refractivity contribution is 5.17. The zero-order chi connectivity index (χ0) is 5.82. The third kappa shape index (κ3) is 1.06. The van der Waals surface area contributed by atoms with Gasteiger partial charge < -0.3 is 0 Å². The highest BCUT2D eigenvalue weighted by Crippen LogP contribution is 1.96. The molecule has 8 heavy (non-hydrogen) atoms. The number of hydrogen-bond acceptors (Lipinski definition) is 1. The average Bonchev–Trinajstić information content (AvgIpc) is 1.90. The molecule has 41 valence electrons. The summed E-state index contributed by atoms with van der Waals surface area (Å²) in [6.07, 6.45) is 5.62. The molecule has 1 radical (unpaired) electrons. The summed E-state index contributed by atoms with van der Waals surface area (Å²) in [5.74, 6) is 0. The molecule has 1 heterocycles. The van der Waals surface area contributed by atoms with Crippen LogP contribution < -0.4 is 0 Å². The molecule has 0 spiro atoms. The predicted octanol–water partition coefficient (Wildman–Crippen LogP) is 1.65. The van der Waals surface area contributed by atoms with E-state index in [2.05, 4.69) is 4.98 Å². The van der Waals surface area contributed by atoms with Crippen LogP contribution in [0.15, 0.2) is 24.5 Å². The van der Waals surface area contributed by atoms with Gasteiger partial charge in [0.1, 0.15) is 0 Å². The number of pyridine rings is 1. The van der Waals surface area contributed by atoms with Crippen LogP contribution in [0.25, 0.3) is 0 Å². The molecule has 0 amide bonds. The molecule has 1 heteroatoms. The lowest BCUT2D eigenvalue weighted by Gasteiger charge is -1.88. The molecule has 0 fully saturated rings. The Morgan fingerprint density at radius 2 is 2.00 bits per heavy atom. The standard InChI is InChI=1S/C7H8N/c1-2-7-3-5-8-6-4-7/h2-6H,1H3. The Balaban J connectivity index is 2.83. The summed E-state index contributed by atoms with van der Waals surface area (Å²) < 4.78 is 0. The number of hydrogen-bond donors (Lipinski definition) is 0. The average molecular weight is 106 g/mol. The molecule has 0 bridgehead atoms. The van der Waals surface area contributed by atoms with Gasteiger partial charge in [0.2, 0.25) is 0 Å². The molecule has 0 aliphatic carbocycles. The molecule has 1 aromatic rings. The molecule has 1 aromatic heterocycles. The summed E-state index contributed by atoms with van der Waals surface area (Å²) in [6, 6.07) is 3.94. The van der Waals surface area contributed by atoms with Crippen molar-refractivity contribution in [1.82, 2.24) is 4.98 Å². The van der Waals surface area contributed by atoms with Crippen molar-refractivity contribution in [1.29, 1.82) is 0 Å². The van der Waals surface area contributed by atoms with Crippen LogP contribution in [0.4, 0.5) is 0 Å². The zero-order valence-corrected chi connectivity index (χ0v) is 4.83. The minimum absolute atomic E-state index is 1.22. The van der Waals surface area contributed by atoms with Crippen LogP contribution in [0.2, 0.25) is 0 Å². The lowest BCUT2D eigenvalue weighted by atomic mass is 10.2. The molecule has 0 saturated heterocycles. The molecule has 1 rings (SSSR count). The Bertz CT molecular complexity index is 146. The first-order chi connectivity index (χ1) is 3.93. The zero-order valence-electron chi connectivity index (χ0n) is 4.83. The van der Waals surface area contributed by atoms with Gasteiger partial charge in [-0.3, -0.25) is 4.98 Å². The van der Waals surface area contributed by atoms with E-state index in [1.54, 1.807) is 12.4 Å². The monoisotopic (exact) mass is 106 g/mol. The first-order valence-corrected chi connectivity index (χ1v) is 2.63. The van der Waals surface area contributed by atoms with Gasteiger partial charge in [-0.05, 0) is 24.1 Å². The van der Waals surface area contributed by atoms with E-state index in [0.717, 1.165) is 0 Å².